The van der Waals surface area contributed by atoms with Crippen LogP contribution in [-0.4, -0.2) is 10.1 Å². The van der Waals surface area contributed by atoms with E-state index in [1.165, 1.54) is 11.3 Å². The zero-order chi connectivity index (χ0) is 11.8. The van der Waals surface area contributed by atoms with Crippen LogP contribution >= 0.6 is 11.3 Å². The minimum Gasteiger partial charge on any atom is -0.458 e. The molecule has 0 radical (unpaired) electrons. The van der Waals surface area contributed by atoms with E-state index in [1.807, 2.05) is 36.6 Å². The number of thiazole rings is 1. The Kier molecular flexibility index (Phi) is 2.46. The van der Waals surface area contributed by atoms with E-state index in [1.54, 1.807) is 6.20 Å². The Morgan fingerprint density at radius 2 is 2.29 bits per heavy atom. The van der Waals surface area contributed by atoms with Crippen molar-refractivity contribution in [3.63, 3.8) is 0 Å². The number of fused-ring (bicyclic) bond motifs is 1. The molecule has 17 heavy (non-hydrogen) atoms. The first-order chi connectivity index (χ1) is 8.25. The smallest absolute Gasteiger partial charge is 0.163 e. The molecule has 0 fully saturated rings. The predicted octanol–water partition coefficient (Wildman–Crippen LogP) is 3.28. The van der Waals surface area contributed by atoms with Gasteiger partial charge in [0, 0.05) is 17.0 Å². The zero-order valence-electron chi connectivity index (χ0n) is 9.25. The number of nitrogens with zero attached hydrogens (tertiary/aromatic N) is 1. The Morgan fingerprint density at radius 3 is 3.00 bits per heavy atom. The molecule has 2 heterocycles. The Bertz CT molecular complexity index is 643. The monoisotopic (exact) mass is 245 g/mol. The van der Waals surface area contributed by atoms with Gasteiger partial charge >= 0.3 is 0 Å². The molecule has 1 unspecified atom stereocenters. The predicted molar refractivity (Wildman–Crippen MR) is 67.1 cm³/mol. The Balaban J connectivity index is 2.10. The molecule has 0 saturated heterocycles. The van der Waals surface area contributed by atoms with Crippen LogP contribution in [0, 0.1) is 6.92 Å². The summed E-state index contributed by atoms with van der Waals surface area (Å²) in [7, 11) is 0. The van der Waals surface area contributed by atoms with E-state index in [-0.39, 0.29) is 0 Å². The first-order valence-electron chi connectivity index (χ1n) is 5.32. The number of hydrogen-bond donors (Lipinski definition) is 1. The largest absolute Gasteiger partial charge is 0.458 e. The van der Waals surface area contributed by atoms with Crippen LogP contribution in [-0.2, 0) is 0 Å². The van der Waals surface area contributed by atoms with Gasteiger partial charge in [0.1, 0.15) is 16.4 Å². The van der Waals surface area contributed by atoms with Crippen LogP contribution in [0.3, 0.4) is 0 Å². The van der Waals surface area contributed by atoms with Crippen molar-refractivity contribution in [1.29, 1.82) is 0 Å². The number of furan rings is 1. The van der Waals surface area contributed by atoms with Crippen molar-refractivity contribution >= 4 is 22.3 Å². The first kappa shape index (κ1) is 10.5. The molecule has 0 amide bonds. The molecule has 3 rings (SSSR count). The van der Waals surface area contributed by atoms with Crippen molar-refractivity contribution in [3.05, 3.63) is 52.2 Å². The van der Waals surface area contributed by atoms with Gasteiger partial charge in [-0.15, -0.1) is 11.3 Å². The molecule has 0 aliphatic heterocycles. The molecule has 3 aromatic rings. The summed E-state index contributed by atoms with van der Waals surface area (Å²) >= 11 is 1.42. The minimum absolute atomic E-state index is 0.546. The summed E-state index contributed by atoms with van der Waals surface area (Å²) in [4.78, 5) is 4.09. The maximum Gasteiger partial charge on any atom is 0.163 e. The standard InChI is InChI=1S/C13H11NO2S/c1-8-3-2-4-9-7-10(16-12(8)9)11(15)13-14-5-6-17-13/h2-7,11,15H,1H3. The molecule has 1 aromatic carbocycles. The fraction of sp³-hybridized carbons (Fsp3) is 0.154. The highest BCUT2D eigenvalue weighted by molar-refractivity contribution is 7.09. The summed E-state index contributed by atoms with van der Waals surface area (Å²) in [5.41, 5.74) is 1.90. The highest BCUT2D eigenvalue weighted by Crippen LogP contribution is 2.30. The number of aliphatic hydroxyl groups excluding tert-OH is 1. The van der Waals surface area contributed by atoms with E-state index >= 15 is 0 Å². The maximum absolute atomic E-state index is 10.1. The van der Waals surface area contributed by atoms with Crippen LogP contribution < -0.4 is 0 Å². The summed E-state index contributed by atoms with van der Waals surface area (Å²) in [5.74, 6) is 0.546. The zero-order valence-corrected chi connectivity index (χ0v) is 10.1. The number of para-hydroxylation sites is 1. The molecule has 4 heteroatoms. The Morgan fingerprint density at radius 1 is 1.41 bits per heavy atom. The molecule has 3 nitrogen and oxygen atoms in total. The van der Waals surface area contributed by atoms with E-state index in [4.69, 9.17) is 4.42 Å². The van der Waals surface area contributed by atoms with Gasteiger partial charge in [-0.2, -0.15) is 0 Å². The van der Waals surface area contributed by atoms with Crippen LogP contribution in [0.4, 0.5) is 0 Å². The lowest BCUT2D eigenvalue weighted by atomic mass is 10.2. The molecule has 0 aliphatic carbocycles. The number of hydrogen-bond acceptors (Lipinski definition) is 4. The van der Waals surface area contributed by atoms with Crippen molar-refractivity contribution < 1.29 is 9.52 Å². The lowest BCUT2D eigenvalue weighted by Gasteiger charge is -2.02. The number of aryl methyl sites for hydroxylation is 1. The Hall–Kier alpha value is -1.65. The van der Waals surface area contributed by atoms with Crippen molar-refractivity contribution in [2.75, 3.05) is 0 Å². The summed E-state index contributed by atoms with van der Waals surface area (Å²) in [5, 5.41) is 13.6. The minimum atomic E-state index is -0.776. The molecule has 86 valence electrons. The summed E-state index contributed by atoms with van der Waals surface area (Å²) in [6.07, 6.45) is 0.902. The second-order valence-electron chi connectivity index (χ2n) is 3.91. The lowest BCUT2D eigenvalue weighted by molar-refractivity contribution is 0.192. The molecular weight excluding hydrogens is 234 g/mol. The average Bonchev–Trinajstić information content (AvgIpc) is 2.98. The topological polar surface area (TPSA) is 46.3 Å². The van der Waals surface area contributed by atoms with Crippen molar-refractivity contribution in [2.24, 2.45) is 0 Å². The van der Waals surface area contributed by atoms with Crippen LogP contribution in [0.15, 0.2) is 40.3 Å². The van der Waals surface area contributed by atoms with Gasteiger partial charge in [-0.1, -0.05) is 18.2 Å². The van der Waals surface area contributed by atoms with Crippen LogP contribution in [0.1, 0.15) is 22.4 Å². The van der Waals surface area contributed by atoms with Gasteiger partial charge in [0.2, 0.25) is 0 Å². The van der Waals surface area contributed by atoms with Crippen LogP contribution in [0.25, 0.3) is 11.0 Å². The van der Waals surface area contributed by atoms with E-state index in [9.17, 15) is 5.11 Å². The van der Waals surface area contributed by atoms with Gasteiger partial charge < -0.3 is 9.52 Å². The van der Waals surface area contributed by atoms with Gasteiger partial charge in [0.05, 0.1) is 0 Å². The van der Waals surface area contributed by atoms with E-state index in [2.05, 4.69) is 4.98 Å². The van der Waals surface area contributed by atoms with Crippen LogP contribution in [0.5, 0.6) is 0 Å². The van der Waals surface area contributed by atoms with E-state index < -0.39 is 6.10 Å². The summed E-state index contributed by atoms with van der Waals surface area (Å²) in [6, 6.07) is 7.82. The average molecular weight is 245 g/mol. The molecule has 0 spiro atoms. The molecule has 0 saturated carbocycles. The number of aliphatic hydroxyl groups is 1. The molecule has 1 N–H and O–H groups in total. The van der Waals surface area contributed by atoms with Crippen molar-refractivity contribution in [3.8, 4) is 0 Å². The van der Waals surface area contributed by atoms with Crippen molar-refractivity contribution in [2.45, 2.75) is 13.0 Å². The van der Waals surface area contributed by atoms with Gasteiger partial charge in [-0.3, -0.25) is 0 Å². The van der Waals surface area contributed by atoms with E-state index in [0.717, 1.165) is 16.5 Å². The summed E-state index contributed by atoms with van der Waals surface area (Å²) in [6.45, 7) is 1.99. The SMILES string of the molecule is Cc1cccc2cc(C(O)c3nccs3)oc12. The highest BCUT2D eigenvalue weighted by Gasteiger charge is 2.18. The van der Waals surface area contributed by atoms with Gasteiger partial charge in [0.15, 0.2) is 6.10 Å². The Labute approximate surface area is 102 Å². The number of rotatable bonds is 2. The van der Waals surface area contributed by atoms with Gasteiger partial charge in [0.25, 0.3) is 0 Å². The third-order valence-corrected chi connectivity index (χ3v) is 3.54. The normalized spacial score (nSPS) is 13.1. The van der Waals surface area contributed by atoms with Gasteiger partial charge in [-0.25, -0.2) is 4.98 Å². The second kappa shape index (κ2) is 3.98. The summed E-state index contributed by atoms with van der Waals surface area (Å²) < 4.78 is 5.70. The number of aromatic nitrogens is 1. The third-order valence-electron chi connectivity index (χ3n) is 2.71. The fourth-order valence-electron chi connectivity index (χ4n) is 1.85. The quantitative estimate of drug-likeness (QED) is 0.753. The van der Waals surface area contributed by atoms with E-state index in [0.29, 0.717) is 10.8 Å². The first-order valence-corrected chi connectivity index (χ1v) is 6.20. The molecule has 1 atom stereocenters. The van der Waals surface area contributed by atoms with Crippen LogP contribution in [0.2, 0.25) is 0 Å². The maximum atomic E-state index is 10.1. The number of benzene rings is 1. The van der Waals surface area contributed by atoms with Gasteiger partial charge in [-0.05, 0) is 18.6 Å². The van der Waals surface area contributed by atoms with Crippen molar-refractivity contribution in [1.82, 2.24) is 4.98 Å². The molecular formula is C13H11NO2S. The fourth-order valence-corrected chi connectivity index (χ4v) is 2.48. The second-order valence-corrected chi connectivity index (χ2v) is 4.84. The molecule has 2 aromatic heterocycles. The molecule has 0 bridgehead atoms. The molecule has 0 aliphatic rings. The highest BCUT2D eigenvalue weighted by atomic mass is 32.1. The third kappa shape index (κ3) is 1.75. The lowest BCUT2D eigenvalue weighted by Crippen LogP contribution is -1.96.